The molecule has 0 aromatic heterocycles. The number of nitrogens with one attached hydrogen (secondary N) is 2. The van der Waals surface area contributed by atoms with E-state index in [1.54, 1.807) is 18.2 Å². The minimum atomic E-state index is -0.571. The van der Waals surface area contributed by atoms with Gasteiger partial charge in [0.05, 0.1) is 17.0 Å². The number of esters is 1. The van der Waals surface area contributed by atoms with Gasteiger partial charge in [-0.1, -0.05) is 26.7 Å². The molecule has 2 amide bonds. The van der Waals surface area contributed by atoms with Crippen LogP contribution in [-0.4, -0.2) is 36.2 Å². The fourth-order valence-corrected chi connectivity index (χ4v) is 4.25. The fraction of sp³-hybridized carbons (Fsp3) is 0.526. The maximum Gasteiger partial charge on any atom is 0.338 e. The summed E-state index contributed by atoms with van der Waals surface area (Å²) in [4.78, 5) is 36.7. The Hall–Kier alpha value is -2.02. The summed E-state index contributed by atoms with van der Waals surface area (Å²) >= 11 is 1.43. The molecule has 0 spiro atoms. The largest absolute Gasteiger partial charge is 0.452 e. The van der Waals surface area contributed by atoms with Crippen LogP contribution in [0.2, 0.25) is 0 Å². The van der Waals surface area contributed by atoms with Crippen LogP contribution in [0.3, 0.4) is 0 Å². The zero-order valence-electron chi connectivity index (χ0n) is 15.0. The maximum absolute atomic E-state index is 12.2. The quantitative estimate of drug-likeness (QED) is 0.790. The van der Waals surface area contributed by atoms with E-state index in [9.17, 15) is 14.4 Å². The third-order valence-electron chi connectivity index (χ3n) is 5.24. The summed E-state index contributed by atoms with van der Waals surface area (Å²) in [6, 6.07) is 5.15. The van der Waals surface area contributed by atoms with Crippen LogP contribution in [0.5, 0.6) is 0 Å². The van der Waals surface area contributed by atoms with E-state index in [2.05, 4.69) is 24.5 Å². The molecule has 2 N–H and O–H groups in total. The molecule has 6 nitrogen and oxygen atoms in total. The standard InChI is InChI=1S/C19H24N2O4S/c1-11-4-3-5-14(12(11)2)20-17(22)9-25-19(24)13-6-7-16-15(8-13)21-18(23)10-26-16/h6-8,11-12,14H,3-5,9-10H2,1-2H3,(H,20,22)(H,21,23)/t11-,12-,14+/m1/s1. The number of amides is 2. The van der Waals surface area contributed by atoms with Crippen molar-refractivity contribution < 1.29 is 19.1 Å². The smallest absolute Gasteiger partial charge is 0.338 e. The number of rotatable bonds is 4. The van der Waals surface area contributed by atoms with Crippen molar-refractivity contribution >= 4 is 35.2 Å². The summed E-state index contributed by atoms with van der Waals surface area (Å²) in [5, 5.41) is 5.72. The van der Waals surface area contributed by atoms with E-state index in [4.69, 9.17) is 4.74 Å². The lowest BCUT2D eigenvalue weighted by Gasteiger charge is -2.34. The van der Waals surface area contributed by atoms with Crippen molar-refractivity contribution in [2.75, 3.05) is 17.7 Å². The van der Waals surface area contributed by atoms with E-state index in [0.29, 0.717) is 28.8 Å². The first-order valence-electron chi connectivity index (χ1n) is 8.97. The summed E-state index contributed by atoms with van der Waals surface area (Å²) in [7, 11) is 0. The van der Waals surface area contributed by atoms with E-state index in [0.717, 1.165) is 17.7 Å². The topological polar surface area (TPSA) is 84.5 Å². The van der Waals surface area contributed by atoms with Crippen LogP contribution < -0.4 is 10.6 Å². The number of carbonyl (C=O) groups excluding carboxylic acids is 3. The molecule has 2 aliphatic rings. The molecule has 7 heteroatoms. The van der Waals surface area contributed by atoms with Crippen molar-refractivity contribution in [2.24, 2.45) is 11.8 Å². The lowest BCUT2D eigenvalue weighted by molar-refractivity contribution is -0.125. The molecule has 0 radical (unpaired) electrons. The normalized spacial score (nSPS) is 25.0. The number of hydrogen-bond acceptors (Lipinski definition) is 5. The maximum atomic E-state index is 12.2. The molecular weight excluding hydrogens is 352 g/mol. The number of carbonyl (C=O) groups is 3. The second-order valence-electron chi connectivity index (χ2n) is 7.07. The van der Waals surface area contributed by atoms with Crippen molar-refractivity contribution in [2.45, 2.75) is 44.0 Å². The highest BCUT2D eigenvalue weighted by Gasteiger charge is 2.28. The number of thioether (sulfide) groups is 1. The number of anilines is 1. The molecule has 1 fully saturated rings. The molecule has 3 atom stereocenters. The van der Waals surface area contributed by atoms with Crippen molar-refractivity contribution in [1.29, 1.82) is 0 Å². The van der Waals surface area contributed by atoms with Crippen LogP contribution in [-0.2, 0) is 14.3 Å². The molecule has 0 saturated heterocycles. The van der Waals surface area contributed by atoms with Gasteiger partial charge in [0.1, 0.15) is 0 Å². The Morgan fingerprint density at radius 1 is 1.31 bits per heavy atom. The molecule has 1 heterocycles. The van der Waals surface area contributed by atoms with Gasteiger partial charge >= 0.3 is 5.97 Å². The average Bonchev–Trinajstić information content (AvgIpc) is 2.63. The van der Waals surface area contributed by atoms with E-state index in [1.165, 1.54) is 18.2 Å². The molecule has 1 aromatic carbocycles. The predicted molar refractivity (Wildman–Crippen MR) is 100 cm³/mol. The van der Waals surface area contributed by atoms with Gasteiger partial charge in [0.15, 0.2) is 6.61 Å². The number of hydrogen-bond donors (Lipinski definition) is 2. The third kappa shape index (κ3) is 4.38. The molecule has 3 rings (SSSR count). The van der Waals surface area contributed by atoms with E-state index in [1.807, 2.05) is 0 Å². The first-order valence-corrected chi connectivity index (χ1v) is 9.96. The van der Waals surface area contributed by atoms with E-state index in [-0.39, 0.29) is 24.5 Å². The van der Waals surface area contributed by atoms with Crippen LogP contribution in [0.1, 0.15) is 43.5 Å². The molecule has 26 heavy (non-hydrogen) atoms. The highest BCUT2D eigenvalue weighted by atomic mass is 32.2. The first-order chi connectivity index (χ1) is 12.4. The summed E-state index contributed by atoms with van der Waals surface area (Å²) in [6.07, 6.45) is 3.26. The van der Waals surface area contributed by atoms with Gasteiger partial charge in [-0.3, -0.25) is 9.59 Å². The molecule has 1 aromatic rings. The van der Waals surface area contributed by atoms with Gasteiger partial charge in [-0.15, -0.1) is 11.8 Å². The van der Waals surface area contributed by atoms with Crippen LogP contribution in [0.25, 0.3) is 0 Å². The molecule has 0 bridgehead atoms. The Kier molecular flexibility index (Phi) is 5.86. The molecular formula is C19H24N2O4S. The zero-order chi connectivity index (χ0) is 18.7. The summed E-state index contributed by atoms with van der Waals surface area (Å²) in [5.41, 5.74) is 0.925. The number of ether oxygens (including phenoxy) is 1. The van der Waals surface area contributed by atoms with Gasteiger partial charge in [-0.2, -0.15) is 0 Å². The predicted octanol–water partition coefficient (Wildman–Crippen LogP) is 2.83. The molecule has 1 aliphatic heterocycles. The van der Waals surface area contributed by atoms with E-state index >= 15 is 0 Å². The average molecular weight is 376 g/mol. The van der Waals surface area contributed by atoms with Crippen molar-refractivity contribution in [3.8, 4) is 0 Å². The lowest BCUT2D eigenvalue weighted by atomic mass is 9.78. The Morgan fingerprint density at radius 3 is 2.92 bits per heavy atom. The van der Waals surface area contributed by atoms with Crippen molar-refractivity contribution in [1.82, 2.24) is 5.32 Å². The third-order valence-corrected chi connectivity index (χ3v) is 6.31. The second-order valence-corrected chi connectivity index (χ2v) is 8.08. The molecule has 1 saturated carbocycles. The Morgan fingerprint density at radius 2 is 2.12 bits per heavy atom. The zero-order valence-corrected chi connectivity index (χ0v) is 15.9. The minimum absolute atomic E-state index is 0.0942. The fourth-order valence-electron chi connectivity index (χ4n) is 3.46. The highest BCUT2D eigenvalue weighted by molar-refractivity contribution is 8.00. The van der Waals surface area contributed by atoms with Gasteiger partial charge in [0.25, 0.3) is 5.91 Å². The first kappa shape index (κ1) is 18.8. The van der Waals surface area contributed by atoms with Crippen molar-refractivity contribution in [3.63, 3.8) is 0 Å². The molecule has 1 aliphatic carbocycles. The molecule has 0 unspecified atom stereocenters. The summed E-state index contributed by atoms with van der Waals surface area (Å²) in [5.74, 6) is 0.437. The van der Waals surface area contributed by atoms with Crippen LogP contribution in [0, 0.1) is 11.8 Å². The summed E-state index contributed by atoms with van der Waals surface area (Å²) in [6.45, 7) is 4.06. The number of benzene rings is 1. The second kappa shape index (κ2) is 8.12. The monoisotopic (exact) mass is 376 g/mol. The van der Waals surface area contributed by atoms with Crippen LogP contribution in [0.4, 0.5) is 5.69 Å². The van der Waals surface area contributed by atoms with Gasteiger partial charge in [-0.25, -0.2) is 4.79 Å². The van der Waals surface area contributed by atoms with Gasteiger partial charge < -0.3 is 15.4 Å². The Balaban J connectivity index is 1.53. The lowest BCUT2D eigenvalue weighted by Crippen LogP contribution is -2.45. The Bertz CT molecular complexity index is 721. The van der Waals surface area contributed by atoms with Crippen LogP contribution >= 0.6 is 11.8 Å². The number of fused-ring (bicyclic) bond motifs is 1. The SMILES string of the molecule is C[C@@H]1[C@H](C)CCC[C@@H]1NC(=O)COC(=O)c1ccc2c(c1)NC(=O)CS2. The van der Waals surface area contributed by atoms with Gasteiger partial charge in [0.2, 0.25) is 5.91 Å². The van der Waals surface area contributed by atoms with E-state index < -0.39 is 5.97 Å². The molecule has 140 valence electrons. The van der Waals surface area contributed by atoms with Crippen molar-refractivity contribution in [3.05, 3.63) is 23.8 Å². The van der Waals surface area contributed by atoms with Gasteiger partial charge in [0, 0.05) is 10.9 Å². The van der Waals surface area contributed by atoms with Gasteiger partial charge in [-0.05, 0) is 36.5 Å². The highest BCUT2D eigenvalue weighted by Crippen LogP contribution is 2.32. The Labute approximate surface area is 157 Å². The minimum Gasteiger partial charge on any atom is -0.452 e. The van der Waals surface area contributed by atoms with Crippen LogP contribution in [0.15, 0.2) is 23.1 Å². The summed E-state index contributed by atoms with van der Waals surface area (Å²) < 4.78 is 5.14.